The molecular weight excluding hydrogens is 431 g/mol. The molecule has 1 atom stereocenters. The zero-order valence-electron chi connectivity index (χ0n) is 16.9. The van der Waals surface area contributed by atoms with Crippen LogP contribution in [0.1, 0.15) is 40.3 Å². The molecule has 0 aliphatic heterocycles. The highest BCUT2D eigenvalue weighted by Crippen LogP contribution is 2.30. The average molecular weight is 450 g/mol. The number of nitrogens with zero attached hydrogens (tertiary/aromatic N) is 3. The summed E-state index contributed by atoms with van der Waals surface area (Å²) >= 11 is 5.90. The predicted octanol–water partition coefficient (Wildman–Crippen LogP) is 5.05. The van der Waals surface area contributed by atoms with E-state index in [0.29, 0.717) is 10.7 Å². The van der Waals surface area contributed by atoms with Crippen molar-refractivity contribution in [3.8, 4) is 5.69 Å². The van der Waals surface area contributed by atoms with Crippen LogP contribution in [-0.4, -0.2) is 27.6 Å². The second-order valence-electron chi connectivity index (χ2n) is 7.10. The van der Waals surface area contributed by atoms with Gasteiger partial charge in [-0.25, -0.2) is 4.68 Å². The average Bonchev–Trinajstić information content (AvgIpc) is 2.72. The third kappa shape index (κ3) is 4.80. The van der Waals surface area contributed by atoms with E-state index in [1.807, 2.05) is 0 Å². The summed E-state index contributed by atoms with van der Waals surface area (Å²) in [6.07, 6.45) is -4.53. The van der Waals surface area contributed by atoms with Crippen molar-refractivity contribution in [2.75, 3.05) is 7.05 Å². The fourth-order valence-electron chi connectivity index (χ4n) is 3.08. The molecule has 1 aromatic heterocycles. The van der Waals surface area contributed by atoms with Crippen molar-refractivity contribution in [2.45, 2.75) is 26.1 Å². The number of alkyl halides is 3. The Bertz CT molecular complexity index is 1170. The first-order chi connectivity index (χ1) is 14.5. The quantitative estimate of drug-likeness (QED) is 0.560. The molecule has 162 valence electrons. The zero-order valence-corrected chi connectivity index (χ0v) is 17.7. The van der Waals surface area contributed by atoms with Gasteiger partial charge < -0.3 is 4.90 Å². The van der Waals surface area contributed by atoms with Crippen LogP contribution in [0.3, 0.4) is 0 Å². The van der Waals surface area contributed by atoms with Crippen molar-refractivity contribution in [1.29, 1.82) is 0 Å². The summed E-state index contributed by atoms with van der Waals surface area (Å²) in [5.41, 5.74) is -0.659. The highest BCUT2D eigenvalue weighted by atomic mass is 35.5. The molecule has 31 heavy (non-hydrogen) atoms. The number of benzene rings is 2. The standard InChI is InChI=1S/C22H19ClF3N3O2/c1-13-11-19(30)20(21(31)28(3)14(2)15-7-9-17(23)10-8-15)27-29(13)18-6-4-5-16(12-18)22(24,25)26/h4-12,14H,1-3H3. The van der Waals surface area contributed by atoms with Gasteiger partial charge >= 0.3 is 6.18 Å². The first kappa shape index (κ1) is 22.6. The minimum atomic E-state index is -4.53. The number of aromatic nitrogens is 2. The van der Waals surface area contributed by atoms with Crippen LogP contribution in [0.25, 0.3) is 5.69 Å². The maximum absolute atomic E-state index is 13.1. The Hall–Kier alpha value is -3.13. The lowest BCUT2D eigenvalue weighted by molar-refractivity contribution is -0.137. The van der Waals surface area contributed by atoms with Gasteiger partial charge in [-0.15, -0.1) is 0 Å². The molecule has 3 aromatic rings. The summed E-state index contributed by atoms with van der Waals surface area (Å²) in [6.45, 7) is 3.31. The molecule has 3 rings (SSSR count). The van der Waals surface area contributed by atoms with Crippen LogP contribution in [0.5, 0.6) is 0 Å². The SMILES string of the molecule is Cc1cc(=O)c(C(=O)N(C)C(C)c2ccc(Cl)cc2)nn1-c1cccc(C(F)(F)F)c1. The highest BCUT2D eigenvalue weighted by Gasteiger charge is 2.31. The normalized spacial score (nSPS) is 12.5. The molecular formula is C22H19ClF3N3O2. The van der Waals surface area contributed by atoms with Crippen molar-refractivity contribution in [2.24, 2.45) is 0 Å². The summed E-state index contributed by atoms with van der Waals surface area (Å²) in [4.78, 5) is 26.8. The lowest BCUT2D eigenvalue weighted by Crippen LogP contribution is -2.35. The molecule has 1 unspecified atom stereocenters. The summed E-state index contributed by atoms with van der Waals surface area (Å²) in [5.74, 6) is -0.645. The third-order valence-corrected chi connectivity index (χ3v) is 5.23. The van der Waals surface area contributed by atoms with Crippen LogP contribution in [-0.2, 0) is 6.18 Å². The van der Waals surface area contributed by atoms with Gasteiger partial charge in [0.25, 0.3) is 5.91 Å². The van der Waals surface area contributed by atoms with Crippen molar-refractivity contribution in [3.63, 3.8) is 0 Å². The molecule has 0 fully saturated rings. The monoisotopic (exact) mass is 449 g/mol. The molecule has 0 bridgehead atoms. The molecule has 0 aliphatic carbocycles. The Balaban J connectivity index is 2.00. The van der Waals surface area contributed by atoms with Gasteiger partial charge in [-0.1, -0.05) is 29.8 Å². The fourth-order valence-corrected chi connectivity index (χ4v) is 3.20. The van der Waals surface area contributed by atoms with E-state index in [1.165, 1.54) is 37.1 Å². The Morgan fingerprint density at radius 2 is 1.77 bits per heavy atom. The molecule has 1 amide bonds. The van der Waals surface area contributed by atoms with Crippen molar-refractivity contribution in [1.82, 2.24) is 14.7 Å². The molecule has 0 spiro atoms. The second kappa shape index (κ2) is 8.55. The summed E-state index contributed by atoms with van der Waals surface area (Å²) in [7, 11) is 1.52. The fraction of sp³-hybridized carbons (Fsp3) is 0.227. The van der Waals surface area contributed by atoms with Gasteiger partial charge in [0, 0.05) is 23.8 Å². The third-order valence-electron chi connectivity index (χ3n) is 4.98. The van der Waals surface area contributed by atoms with Crippen LogP contribution >= 0.6 is 11.6 Å². The minimum Gasteiger partial charge on any atom is -0.333 e. The maximum atomic E-state index is 13.1. The number of aryl methyl sites for hydroxylation is 1. The number of rotatable bonds is 4. The van der Waals surface area contributed by atoms with E-state index in [-0.39, 0.29) is 11.4 Å². The van der Waals surface area contributed by atoms with Crippen molar-refractivity contribution >= 4 is 17.5 Å². The van der Waals surface area contributed by atoms with Crippen LogP contribution in [0, 0.1) is 6.92 Å². The molecule has 0 aliphatic rings. The number of hydrogen-bond acceptors (Lipinski definition) is 3. The lowest BCUT2D eigenvalue weighted by atomic mass is 10.1. The zero-order chi connectivity index (χ0) is 22.9. The van der Waals surface area contributed by atoms with Crippen LogP contribution in [0.2, 0.25) is 5.02 Å². The van der Waals surface area contributed by atoms with Crippen LogP contribution in [0.4, 0.5) is 13.2 Å². The topological polar surface area (TPSA) is 55.2 Å². The van der Waals surface area contributed by atoms with E-state index < -0.39 is 29.1 Å². The van der Waals surface area contributed by atoms with E-state index in [0.717, 1.165) is 22.4 Å². The summed E-state index contributed by atoms with van der Waals surface area (Å²) < 4.78 is 40.4. The largest absolute Gasteiger partial charge is 0.416 e. The smallest absolute Gasteiger partial charge is 0.333 e. The number of carbonyl (C=O) groups is 1. The van der Waals surface area contributed by atoms with Gasteiger partial charge in [0.15, 0.2) is 5.69 Å². The van der Waals surface area contributed by atoms with E-state index in [9.17, 15) is 22.8 Å². The molecule has 1 heterocycles. The molecule has 9 heteroatoms. The van der Waals surface area contributed by atoms with Crippen LogP contribution in [0.15, 0.2) is 59.4 Å². The van der Waals surface area contributed by atoms with E-state index >= 15 is 0 Å². The second-order valence-corrected chi connectivity index (χ2v) is 7.54. The van der Waals surface area contributed by atoms with Crippen LogP contribution < -0.4 is 5.43 Å². The van der Waals surface area contributed by atoms with Gasteiger partial charge in [0.2, 0.25) is 5.43 Å². The van der Waals surface area contributed by atoms with Gasteiger partial charge in [0.05, 0.1) is 17.3 Å². The number of carbonyl (C=O) groups excluding carboxylic acids is 1. The van der Waals surface area contributed by atoms with Gasteiger partial charge in [-0.2, -0.15) is 18.3 Å². The number of halogens is 4. The Morgan fingerprint density at radius 3 is 2.39 bits per heavy atom. The Kier molecular flexibility index (Phi) is 6.22. The molecule has 0 N–H and O–H groups in total. The van der Waals surface area contributed by atoms with Gasteiger partial charge in [-0.3, -0.25) is 9.59 Å². The number of hydrogen-bond donors (Lipinski definition) is 0. The highest BCUT2D eigenvalue weighted by molar-refractivity contribution is 6.30. The molecule has 0 radical (unpaired) electrons. The lowest BCUT2D eigenvalue weighted by Gasteiger charge is -2.25. The molecule has 5 nitrogen and oxygen atoms in total. The predicted molar refractivity (Wildman–Crippen MR) is 112 cm³/mol. The number of amides is 1. The Morgan fingerprint density at radius 1 is 1.13 bits per heavy atom. The first-order valence-electron chi connectivity index (χ1n) is 9.30. The van der Waals surface area contributed by atoms with Gasteiger partial charge in [0.1, 0.15) is 0 Å². The summed E-state index contributed by atoms with van der Waals surface area (Å²) in [6, 6.07) is 12.2. The Labute approximate surface area is 181 Å². The van der Waals surface area contributed by atoms with Gasteiger partial charge in [-0.05, 0) is 49.7 Å². The van der Waals surface area contributed by atoms with Crippen molar-refractivity contribution in [3.05, 3.63) is 92.4 Å². The van der Waals surface area contributed by atoms with Crippen molar-refractivity contribution < 1.29 is 18.0 Å². The molecule has 2 aromatic carbocycles. The first-order valence-corrected chi connectivity index (χ1v) is 9.68. The summed E-state index contributed by atoms with van der Waals surface area (Å²) in [5, 5.41) is 4.65. The maximum Gasteiger partial charge on any atom is 0.416 e. The van der Waals surface area contributed by atoms with E-state index in [4.69, 9.17) is 11.6 Å². The molecule has 0 saturated carbocycles. The minimum absolute atomic E-state index is 0.0924. The van der Waals surface area contributed by atoms with E-state index in [2.05, 4.69) is 5.10 Å². The molecule has 0 saturated heterocycles. The van der Waals surface area contributed by atoms with E-state index in [1.54, 1.807) is 31.2 Å².